The highest BCUT2D eigenvalue weighted by Crippen LogP contribution is 2.33. The second-order valence-electron chi connectivity index (χ2n) is 12.6. The van der Waals surface area contributed by atoms with Crippen LogP contribution in [0, 0.1) is 5.41 Å². The first kappa shape index (κ1) is 48.0. The average molecular weight is 781 g/mol. The van der Waals surface area contributed by atoms with Gasteiger partial charge in [-0.05, 0) is 41.8 Å². The van der Waals surface area contributed by atoms with E-state index in [-0.39, 0.29) is 51.7 Å². The van der Waals surface area contributed by atoms with Crippen LogP contribution in [0.1, 0.15) is 38.3 Å². The van der Waals surface area contributed by atoms with E-state index in [0.29, 0.717) is 17.9 Å². The van der Waals surface area contributed by atoms with E-state index in [1.54, 1.807) is 6.92 Å². The van der Waals surface area contributed by atoms with Crippen molar-refractivity contribution in [3.05, 3.63) is 123 Å². The number of benzene rings is 2. The summed E-state index contributed by atoms with van der Waals surface area (Å²) in [5.74, 6) is -1.87. The third-order valence-corrected chi connectivity index (χ3v) is 8.02. The van der Waals surface area contributed by atoms with Gasteiger partial charge >= 0.3 is 29.8 Å². The fourth-order valence-electron chi connectivity index (χ4n) is 4.34. The Kier molecular flexibility index (Phi) is 21.6. The number of carbonyl (C=O) groups is 5. The number of esters is 5. The maximum absolute atomic E-state index is 11.2. The van der Waals surface area contributed by atoms with Gasteiger partial charge in [-0.1, -0.05) is 77.9 Å². The van der Waals surface area contributed by atoms with Crippen LogP contribution in [0.2, 0.25) is 0 Å². The summed E-state index contributed by atoms with van der Waals surface area (Å²) in [6.07, 6.45) is 3.69. The molecule has 0 saturated heterocycles. The Labute approximate surface area is 327 Å². The molecule has 2 aromatic carbocycles. The van der Waals surface area contributed by atoms with Crippen molar-refractivity contribution in [3.63, 3.8) is 0 Å². The largest absolute Gasteiger partial charge is 0.491 e. The van der Waals surface area contributed by atoms with Crippen LogP contribution in [0.25, 0.3) is 0 Å². The van der Waals surface area contributed by atoms with Gasteiger partial charge in [0.15, 0.2) is 0 Å². The summed E-state index contributed by atoms with van der Waals surface area (Å²) in [7, 11) is 0. The molecule has 2 aromatic rings. The van der Waals surface area contributed by atoms with Crippen LogP contribution in [0.4, 0.5) is 0 Å². The summed E-state index contributed by atoms with van der Waals surface area (Å²) in [5, 5.41) is 19.7. The fraction of sp³-hybridized carbons (Fsp3) is 0.357. The van der Waals surface area contributed by atoms with Gasteiger partial charge in [-0.25, -0.2) is 24.0 Å². The minimum Gasteiger partial charge on any atom is -0.491 e. The highest BCUT2D eigenvalue weighted by molar-refractivity contribution is 5.82. The van der Waals surface area contributed by atoms with Gasteiger partial charge in [-0.3, -0.25) is 0 Å². The summed E-state index contributed by atoms with van der Waals surface area (Å²) >= 11 is 0. The lowest BCUT2D eigenvalue weighted by Crippen LogP contribution is -2.38. The second kappa shape index (κ2) is 25.2. The van der Waals surface area contributed by atoms with Crippen molar-refractivity contribution in [1.82, 2.24) is 0 Å². The smallest absolute Gasteiger partial charge is 0.330 e. The lowest BCUT2D eigenvalue weighted by atomic mass is 9.78. The molecule has 0 fully saturated rings. The van der Waals surface area contributed by atoms with Crippen molar-refractivity contribution < 1.29 is 67.3 Å². The zero-order chi connectivity index (χ0) is 42.1. The number of carbonyl (C=O) groups excluding carboxylic acids is 5. The highest BCUT2D eigenvalue weighted by atomic mass is 16.6. The van der Waals surface area contributed by atoms with Gasteiger partial charge in [0.2, 0.25) is 0 Å². The molecule has 304 valence electrons. The summed E-state index contributed by atoms with van der Waals surface area (Å²) in [4.78, 5) is 55.6. The molecule has 0 aliphatic rings. The summed E-state index contributed by atoms with van der Waals surface area (Å²) < 4.78 is 35.7. The number of hydrogen-bond donors (Lipinski definition) is 2. The molecule has 2 unspecified atom stereocenters. The van der Waals surface area contributed by atoms with Crippen molar-refractivity contribution in [3.8, 4) is 11.5 Å². The van der Waals surface area contributed by atoms with Crippen LogP contribution in [-0.4, -0.2) is 98.5 Å². The molecule has 0 radical (unpaired) electrons. The molecule has 0 bridgehead atoms. The van der Waals surface area contributed by atoms with E-state index in [2.05, 4.69) is 46.7 Å². The molecular weight excluding hydrogens is 728 g/mol. The number of hydrogen-bond acceptors (Lipinski definition) is 14. The normalized spacial score (nSPS) is 11.7. The van der Waals surface area contributed by atoms with Crippen molar-refractivity contribution in [1.29, 1.82) is 0 Å². The molecule has 56 heavy (non-hydrogen) atoms. The van der Waals surface area contributed by atoms with Crippen LogP contribution in [-0.2, 0) is 53.1 Å². The van der Waals surface area contributed by atoms with Crippen LogP contribution < -0.4 is 9.47 Å². The van der Waals surface area contributed by atoms with E-state index < -0.39 is 47.5 Å². The predicted molar refractivity (Wildman–Crippen MR) is 207 cm³/mol. The molecule has 0 amide bonds. The van der Waals surface area contributed by atoms with E-state index >= 15 is 0 Å². The Bertz CT molecular complexity index is 1490. The van der Waals surface area contributed by atoms with Crippen LogP contribution in [0.5, 0.6) is 11.5 Å². The monoisotopic (exact) mass is 780 g/mol. The maximum atomic E-state index is 11.2. The lowest BCUT2D eigenvalue weighted by Gasteiger charge is -2.30. The van der Waals surface area contributed by atoms with E-state index in [4.69, 9.17) is 33.2 Å². The Morgan fingerprint density at radius 3 is 1.09 bits per heavy atom. The minimum atomic E-state index is -0.945. The molecule has 14 heteroatoms. The first-order valence-corrected chi connectivity index (χ1v) is 17.4. The summed E-state index contributed by atoms with van der Waals surface area (Å²) in [6, 6.07) is 15.1. The van der Waals surface area contributed by atoms with Crippen molar-refractivity contribution >= 4 is 29.8 Å². The highest BCUT2D eigenvalue weighted by Gasteiger charge is 2.33. The van der Waals surface area contributed by atoms with Gasteiger partial charge in [-0.15, -0.1) is 0 Å². The summed E-state index contributed by atoms with van der Waals surface area (Å²) in [5.41, 5.74) is 0.959. The summed E-state index contributed by atoms with van der Waals surface area (Å²) in [6.45, 7) is 21.8. The van der Waals surface area contributed by atoms with Crippen molar-refractivity contribution in [2.24, 2.45) is 5.41 Å². The Morgan fingerprint density at radius 1 is 0.536 bits per heavy atom. The van der Waals surface area contributed by atoms with Gasteiger partial charge in [0.05, 0.1) is 5.41 Å². The SMILES string of the molecule is C=CC(=O)OCC(CC)(COC(=O)C=C)COC(=O)C=C.C=CC(=O)OCC(O)COc1ccc(C(C)(C)c2ccc(OCC(O)COC(=O)C=C)cc2)cc1. The molecule has 2 rings (SSSR count). The first-order valence-electron chi connectivity index (χ1n) is 17.4. The van der Waals surface area contributed by atoms with E-state index in [1.165, 1.54) is 0 Å². The van der Waals surface area contributed by atoms with Crippen LogP contribution in [0.15, 0.2) is 112 Å². The molecule has 0 aromatic heterocycles. The van der Waals surface area contributed by atoms with E-state index in [9.17, 15) is 34.2 Å². The van der Waals surface area contributed by atoms with Crippen molar-refractivity contribution in [2.45, 2.75) is 44.8 Å². The lowest BCUT2D eigenvalue weighted by molar-refractivity contribution is -0.156. The van der Waals surface area contributed by atoms with Crippen LogP contribution >= 0.6 is 0 Å². The Hall–Kier alpha value is -5.99. The molecule has 14 nitrogen and oxygen atoms in total. The number of rotatable bonds is 24. The zero-order valence-electron chi connectivity index (χ0n) is 32.1. The molecule has 2 N–H and O–H groups in total. The maximum Gasteiger partial charge on any atom is 0.330 e. The first-order chi connectivity index (χ1) is 26.6. The molecule has 0 aliphatic heterocycles. The topological polar surface area (TPSA) is 190 Å². The third-order valence-electron chi connectivity index (χ3n) is 8.02. The van der Waals surface area contributed by atoms with Gasteiger partial charge in [0.1, 0.15) is 70.0 Å². The predicted octanol–water partition coefficient (Wildman–Crippen LogP) is 4.52. The van der Waals surface area contributed by atoms with Gasteiger partial charge < -0.3 is 43.4 Å². The Morgan fingerprint density at radius 2 is 0.821 bits per heavy atom. The fourth-order valence-corrected chi connectivity index (χ4v) is 4.34. The molecule has 0 spiro atoms. The zero-order valence-corrected chi connectivity index (χ0v) is 32.1. The Balaban J connectivity index is 0.000000640. The molecule has 0 heterocycles. The van der Waals surface area contributed by atoms with Gasteiger partial charge in [-0.2, -0.15) is 0 Å². The number of aliphatic hydroxyl groups excluding tert-OH is 2. The molecular formula is C42H52O14. The molecule has 0 saturated carbocycles. The minimum absolute atomic E-state index is 0.0139. The van der Waals surface area contributed by atoms with Crippen LogP contribution in [0.3, 0.4) is 0 Å². The average Bonchev–Trinajstić information content (AvgIpc) is 3.22. The number of aliphatic hydroxyl groups is 2. The third kappa shape index (κ3) is 17.9. The molecule has 2 atom stereocenters. The quantitative estimate of drug-likeness (QED) is 0.0859. The molecule has 0 aliphatic carbocycles. The number of ether oxygens (including phenoxy) is 7. The second-order valence-corrected chi connectivity index (χ2v) is 12.6. The van der Waals surface area contributed by atoms with Crippen molar-refractivity contribution in [2.75, 3.05) is 46.2 Å². The van der Waals surface area contributed by atoms with E-state index in [0.717, 1.165) is 41.5 Å². The standard InChI is InChI=1S/C27H32O8.C15H20O6/c1-5-25(30)34-17-21(28)15-32-23-11-7-19(8-12-23)27(3,4)20-9-13-24(14-10-20)33-16-22(29)18-35-26(31)6-2;1-5-12(16)19-9-15(8-4,10-20-13(17)6-2)11-21-14(18)7-3/h5-14,21-22,28-29H,1-2,15-18H2,3-4H3;5-7H,1-3,8-11H2,4H3. The van der Waals surface area contributed by atoms with Gasteiger partial charge in [0, 0.05) is 35.8 Å². The van der Waals surface area contributed by atoms with Gasteiger partial charge in [0.25, 0.3) is 0 Å². The van der Waals surface area contributed by atoms with E-state index in [1.807, 2.05) is 48.5 Å².